The van der Waals surface area contributed by atoms with Crippen LogP contribution in [0.3, 0.4) is 0 Å². The zero-order valence-corrected chi connectivity index (χ0v) is 18.8. The maximum atomic E-state index is 12.1. The van der Waals surface area contributed by atoms with E-state index in [-0.39, 0.29) is 5.97 Å². The first-order valence-electron chi connectivity index (χ1n) is 10.6. The maximum absolute atomic E-state index is 12.1. The van der Waals surface area contributed by atoms with Crippen LogP contribution < -0.4 is 9.47 Å². The van der Waals surface area contributed by atoms with Crippen molar-refractivity contribution < 1.29 is 23.8 Å². The van der Waals surface area contributed by atoms with Crippen molar-refractivity contribution in [1.29, 1.82) is 0 Å². The Balaban J connectivity index is 1.53. The zero-order valence-electron chi connectivity index (χ0n) is 18.8. The number of para-hydroxylation sites is 1. The van der Waals surface area contributed by atoms with Crippen LogP contribution in [0, 0.1) is 0 Å². The van der Waals surface area contributed by atoms with Gasteiger partial charge in [0.05, 0.1) is 18.9 Å². The minimum absolute atomic E-state index is 0.304. The van der Waals surface area contributed by atoms with Gasteiger partial charge in [-0.2, -0.15) is 0 Å². The summed E-state index contributed by atoms with van der Waals surface area (Å²) in [5, 5.41) is 3.99. The quantitative estimate of drug-likeness (QED) is 0.132. The van der Waals surface area contributed by atoms with Gasteiger partial charge in [0.15, 0.2) is 6.61 Å². The number of hydrogen-bond acceptors (Lipinski definition) is 6. The molecule has 0 radical (unpaired) electrons. The molecule has 6 heteroatoms. The molecule has 0 unspecified atom stereocenters. The molecule has 33 heavy (non-hydrogen) atoms. The number of benzene rings is 3. The van der Waals surface area contributed by atoms with E-state index < -0.39 is 0 Å². The van der Waals surface area contributed by atoms with Crippen molar-refractivity contribution in [2.45, 2.75) is 13.5 Å². The molecule has 0 aliphatic carbocycles. The molecule has 0 saturated heterocycles. The topological polar surface area (TPSA) is 66.4 Å². The SMILES string of the molecule is CC=C(C(=O)OC)c1ccccc1COc1cccc(C=NOCCOc2ccccc2)c1. The van der Waals surface area contributed by atoms with Crippen LogP contribution in [0.1, 0.15) is 23.6 Å². The molecular formula is C27H27NO5. The lowest BCUT2D eigenvalue weighted by Gasteiger charge is -2.13. The second-order valence-corrected chi connectivity index (χ2v) is 6.94. The van der Waals surface area contributed by atoms with Crippen molar-refractivity contribution in [2.24, 2.45) is 5.16 Å². The Kier molecular flexibility index (Phi) is 9.09. The normalized spacial score (nSPS) is 11.3. The third-order valence-corrected chi connectivity index (χ3v) is 4.72. The second-order valence-electron chi connectivity index (χ2n) is 6.94. The van der Waals surface area contributed by atoms with E-state index in [9.17, 15) is 4.79 Å². The summed E-state index contributed by atoms with van der Waals surface area (Å²) in [7, 11) is 1.37. The molecule has 0 aliphatic heterocycles. The zero-order chi connectivity index (χ0) is 23.3. The number of hydrogen-bond donors (Lipinski definition) is 0. The number of esters is 1. The molecule has 0 aromatic heterocycles. The summed E-state index contributed by atoms with van der Waals surface area (Å²) in [5.41, 5.74) is 3.02. The van der Waals surface area contributed by atoms with E-state index in [0.29, 0.717) is 31.1 Å². The molecule has 0 atom stereocenters. The summed E-state index contributed by atoms with van der Waals surface area (Å²) in [5.74, 6) is 1.10. The van der Waals surface area contributed by atoms with Crippen molar-refractivity contribution in [3.8, 4) is 11.5 Å². The number of carbonyl (C=O) groups is 1. The summed E-state index contributed by atoms with van der Waals surface area (Å²) < 4.78 is 16.4. The van der Waals surface area contributed by atoms with Gasteiger partial charge in [0.1, 0.15) is 24.7 Å². The summed E-state index contributed by atoms with van der Waals surface area (Å²) >= 11 is 0. The minimum Gasteiger partial charge on any atom is -0.490 e. The molecule has 0 amide bonds. The third kappa shape index (κ3) is 7.25. The molecule has 3 rings (SSSR count). The minimum atomic E-state index is -0.377. The van der Waals surface area contributed by atoms with Gasteiger partial charge < -0.3 is 19.0 Å². The van der Waals surface area contributed by atoms with Crippen LogP contribution in [-0.4, -0.2) is 32.5 Å². The van der Waals surface area contributed by atoms with Crippen molar-refractivity contribution in [3.63, 3.8) is 0 Å². The summed E-state index contributed by atoms with van der Waals surface area (Å²) in [4.78, 5) is 17.4. The number of nitrogens with zero attached hydrogens (tertiary/aromatic N) is 1. The Morgan fingerprint density at radius 3 is 2.42 bits per heavy atom. The Morgan fingerprint density at radius 1 is 0.879 bits per heavy atom. The molecule has 6 nitrogen and oxygen atoms in total. The van der Waals surface area contributed by atoms with Gasteiger partial charge in [-0.25, -0.2) is 4.79 Å². The Bertz CT molecular complexity index is 1090. The van der Waals surface area contributed by atoms with Crippen LogP contribution >= 0.6 is 0 Å². The van der Waals surface area contributed by atoms with Crippen molar-refractivity contribution in [1.82, 2.24) is 0 Å². The van der Waals surface area contributed by atoms with Crippen molar-refractivity contribution in [2.75, 3.05) is 20.3 Å². The van der Waals surface area contributed by atoms with Crippen molar-refractivity contribution >= 4 is 17.8 Å². The predicted octanol–water partition coefficient (Wildman–Crippen LogP) is 5.27. The van der Waals surface area contributed by atoms with Gasteiger partial charge in [-0.1, -0.05) is 65.8 Å². The standard InChI is InChI=1S/C27H27NO5/c1-3-25(27(29)30-2)26-15-8-7-11-22(26)20-32-24-14-9-10-21(18-24)19-28-33-17-16-31-23-12-5-4-6-13-23/h3-15,18-19H,16-17,20H2,1-2H3. The van der Waals surface area contributed by atoms with Crippen LogP contribution in [0.4, 0.5) is 0 Å². The highest BCUT2D eigenvalue weighted by Crippen LogP contribution is 2.23. The number of rotatable bonds is 11. The van der Waals surface area contributed by atoms with E-state index in [0.717, 1.165) is 22.4 Å². The van der Waals surface area contributed by atoms with Crippen molar-refractivity contribution in [3.05, 3.63) is 102 Å². The molecule has 0 saturated carbocycles. The molecule has 3 aromatic carbocycles. The summed E-state index contributed by atoms with van der Waals surface area (Å²) in [6.45, 7) is 2.86. The fourth-order valence-electron chi connectivity index (χ4n) is 3.11. The molecule has 0 bridgehead atoms. The monoisotopic (exact) mass is 445 g/mol. The molecule has 170 valence electrons. The molecule has 0 spiro atoms. The molecule has 0 heterocycles. The average Bonchev–Trinajstić information content (AvgIpc) is 2.86. The third-order valence-electron chi connectivity index (χ3n) is 4.72. The van der Waals surface area contributed by atoms with E-state index in [1.807, 2.05) is 85.8 Å². The molecule has 0 aliphatic rings. The Hall–Kier alpha value is -4.06. The van der Waals surface area contributed by atoms with Crippen LogP contribution in [0.25, 0.3) is 5.57 Å². The van der Waals surface area contributed by atoms with Gasteiger partial charge in [0.25, 0.3) is 0 Å². The van der Waals surface area contributed by atoms with E-state index in [1.165, 1.54) is 7.11 Å². The largest absolute Gasteiger partial charge is 0.490 e. The van der Waals surface area contributed by atoms with E-state index in [2.05, 4.69) is 5.16 Å². The summed E-state index contributed by atoms with van der Waals surface area (Å²) in [6, 6.07) is 24.7. The van der Waals surface area contributed by atoms with E-state index >= 15 is 0 Å². The first kappa shape index (κ1) is 23.6. The average molecular weight is 446 g/mol. The van der Waals surface area contributed by atoms with Crippen LogP contribution in [-0.2, 0) is 21.0 Å². The number of methoxy groups -OCH3 is 1. The smallest absolute Gasteiger partial charge is 0.338 e. The first-order chi connectivity index (χ1) is 16.2. The Labute approximate surface area is 194 Å². The van der Waals surface area contributed by atoms with Gasteiger partial charge in [0.2, 0.25) is 0 Å². The number of carbonyl (C=O) groups excluding carboxylic acids is 1. The molecule has 0 N–H and O–H groups in total. The van der Waals surface area contributed by atoms with Gasteiger partial charge in [-0.3, -0.25) is 0 Å². The lowest BCUT2D eigenvalue weighted by Crippen LogP contribution is -2.07. The van der Waals surface area contributed by atoms with E-state index in [4.69, 9.17) is 19.0 Å². The van der Waals surface area contributed by atoms with Gasteiger partial charge >= 0.3 is 5.97 Å². The highest BCUT2D eigenvalue weighted by Gasteiger charge is 2.15. The first-order valence-corrected chi connectivity index (χ1v) is 10.6. The van der Waals surface area contributed by atoms with Crippen LogP contribution in [0.5, 0.6) is 11.5 Å². The van der Waals surface area contributed by atoms with Gasteiger partial charge in [-0.05, 0) is 47.9 Å². The Morgan fingerprint density at radius 2 is 1.64 bits per heavy atom. The fraction of sp³-hybridized carbons (Fsp3) is 0.185. The molecule has 3 aromatic rings. The van der Waals surface area contributed by atoms with Crippen LogP contribution in [0.15, 0.2) is 90.1 Å². The molecule has 0 fully saturated rings. The summed E-state index contributed by atoms with van der Waals surface area (Å²) in [6.07, 6.45) is 3.37. The van der Waals surface area contributed by atoms with Crippen LogP contribution in [0.2, 0.25) is 0 Å². The van der Waals surface area contributed by atoms with Gasteiger partial charge in [0, 0.05) is 0 Å². The van der Waals surface area contributed by atoms with E-state index in [1.54, 1.807) is 12.3 Å². The fourth-order valence-corrected chi connectivity index (χ4v) is 3.11. The number of allylic oxidation sites excluding steroid dienone is 1. The second kappa shape index (κ2) is 12.7. The highest BCUT2D eigenvalue weighted by atomic mass is 16.6. The number of ether oxygens (including phenoxy) is 3. The molecular weight excluding hydrogens is 418 g/mol. The maximum Gasteiger partial charge on any atom is 0.338 e. The van der Waals surface area contributed by atoms with Gasteiger partial charge in [-0.15, -0.1) is 0 Å². The predicted molar refractivity (Wildman–Crippen MR) is 128 cm³/mol. The lowest BCUT2D eigenvalue weighted by atomic mass is 10.00. The lowest BCUT2D eigenvalue weighted by molar-refractivity contribution is -0.133. The number of oxime groups is 1. The highest BCUT2D eigenvalue weighted by molar-refractivity contribution is 6.16.